The Morgan fingerprint density at radius 3 is 2.59 bits per heavy atom. The molecule has 0 N–H and O–H groups in total. The number of hydrogen-bond donors (Lipinski definition) is 0. The lowest BCUT2D eigenvalue weighted by Crippen LogP contribution is -2.20. The molecule has 9 heteroatoms. The van der Waals surface area contributed by atoms with E-state index in [0.29, 0.717) is 51.7 Å². The molecule has 1 amide bonds. The number of thiazole rings is 1. The molecule has 0 aliphatic heterocycles. The fraction of sp³-hybridized carbons (Fsp3) is 0.300. The molecule has 3 rings (SSSR count). The van der Waals surface area contributed by atoms with Gasteiger partial charge >= 0.3 is 0 Å². The molecular formula is C20H20Cl2N2O4S. The summed E-state index contributed by atoms with van der Waals surface area (Å²) in [5.74, 6) is 0.605. The van der Waals surface area contributed by atoms with Crippen LogP contribution in [0.3, 0.4) is 0 Å². The molecule has 0 aliphatic carbocycles. The monoisotopic (exact) mass is 454 g/mol. The molecule has 0 bridgehead atoms. The topological polar surface area (TPSA) is 62.1 Å². The Labute approximate surface area is 182 Å². The molecule has 1 heterocycles. The van der Waals surface area contributed by atoms with Crippen molar-refractivity contribution in [2.24, 2.45) is 4.99 Å². The van der Waals surface area contributed by atoms with E-state index in [9.17, 15) is 4.79 Å². The van der Waals surface area contributed by atoms with Crippen molar-refractivity contribution in [3.8, 4) is 11.5 Å². The first kappa shape index (κ1) is 21.6. The number of hydrogen-bond acceptors (Lipinski definition) is 5. The van der Waals surface area contributed by atoms with E-state index in [2.05, 4.69) is 4.99 Å². The maximum Gasteiger partial charge on any atom is 0.279 e. The Bertz CT molecular complexity index is 1110. The van der Waals surface area contributed by atoms with Crippen LogP contribution < -0.4 is 14.3 Å². The van der Waals surface area contributed by atoms with Gasteiger partial charge in [0.15, 0.2) is 16.3 Å². The van der Waals surface area contributed by atoms with Crippen LogP contribution in [0.1, 0.15) is 17.3 Å². The minimum atomic E-state index is -0.398. The van der Waals surface area contributed by atoms with Gasteiger partial charge in [-0.3, -0.25) is 4.79 Å². The fourth-order valence-electron chi connectivity index (χ4n) is 2.82. The normalized spacial score (nSPS) is 11.8. The van der Waals surface area contributed by atoms with E-state index in [4.69, 9.17) is 37.4 Å². The average Bonchev–Trinajstić information content (AvgIpc) is 3.08. The number of nitrogens with zero attached hydrogens (tertiary/aromatic N) is 2. The third-order valence-electron chi connectivity index (χ3n) is 4.23. The molecule has 0 radical (unpaired) electrons. The van der Waals surface area contributed by atoms with Crippen LogP contribution in [0.2, 0.25) is 10.0 Å². The van der Waals surface area contributed by atoms with Gasteiger partial charge in [0.2, 0.25) is 0 Å². The van der Waals surface area contributed by atoms with Crippen LogP contribution in [0.25, 0.3) is 10.2 Å². The zero-order chi connectivity index (χ0) is 21.0. The molecule has 0 saturated carbocycles. The Morgan fingerprint density at radius 2 is 1.90 bits per heavy atom. The summed E-state index contributed by atoms with van der Waals surface area (Å²) in [6, 6.07) is 8.52. The van der Waals surface area contributed by atoms with E-state index < -0.39 is 5.91 Å². The van der Waals surface area contributed by atoms with Gasteiger partial charge in [-0.05, 0) is 37.3 Å². The van der Waals surface area contributed by atoms with Gasteiger partial charge in [0.25, 0.3) is 5.91 Å². The van der Waals surface area contributed by atoms with Crippen molar-refractivity contribution in [3.05, 3.63) is 50.7 Å². The molecule has 0 fully saturated rings. The third-order valence-corrected chi connectivity index (χ3v) is 6.06. The molecule has 0 unspecified atom stereocenters. The maximum atomic E-state index is 12.8. The van der Waals surface area contributed by atoms with E-state index in [-0.39, 0.29) is 0 Å². The van der Waals surface area contributed by atoms with E-state index in [1.807, 2.05) is 17.6 Å². The van der Waals surface area contributed by atoms with Crippen molar-refractivity contribution in [1.29, 1.82) is 0 Å². The van der Waals surface area contributed by atoms with Crippen LogP contribution in [0.5, 0.6) is 11.5 Å². The molecule has 0 spiro atoms. The fourth-order valence-corrected chi connectivity index (χ4v) is 4.36. The largest absolute Gasteiger partial charge is 0.493 e. The number of fused-ring (bicyclic) bond motifs is 1. The lowest BCUT2D eigenvalue weighted by atomic mass is 10.2. The molecule has 3 aromatic rings. The summed E-state index contributed by atoms with van der Waals surface area (Å²) in [6.45, 7) is 3.47. The van der Waals surface area contributed by atoms with E-state index >= 15 is 0 Å². The minimum absolute atomic E-state index is 0.389. The van der Waals surface area contributed by atoms with Gasteiger partial charge in [0.1, 0.15) is 0 Å². The highest BCUT2D eigenvalue weighted by Gasteiger charge is 2.15. The summed E-state index contributed by atoms with van der Waals surface area (Å²) in [5, 5.41) is 0.872. The second-order valence-electron chi connectivity index (χ2n) is 5.93. The first-order chi connectivity index (χ1) is 14.0. The van der Waals surface area contributed by atoms with Crippen LogP contribution >= 0.6 is 34.5 Å². The number of amides is 1. The quantitative estimate of drug-likeness (QED) is 0.480. The second kappa shape index (κ2) is 9.63. The van der Waals surface area contributed by atoms with Gasteiger partial charge in [0, 0.05) is 18.7 Å². The number of rotatable bonds is 7. The summed E-state index contributed by atoms with van der Waals surface area (Å²) < 4.78 is 18.7. The highest BCUT2D eigenvalue weighted by atomic mass is 35.5. The summed E-state index contributed by atoms with van der Waals surface area (Å²) in [5.41, 5.74) is 1.13. The van der Waals surface area contributed by atoms with Crippen LogP contribution in [-0.2, 0) is 11.3 Å². The molecule has 2 aromatic carbocycles. The molecule has 154 valence electrons. The van der Waals surface area contributed by atoms with E-state index in [0.717, 1.165) is 10.2 Å². The predicted molar refractivity (Wildman–Crippen MR) is 116 cm³/mol. The Kier molecular flexibility index (Phi) is 7.18. The van der Waals surface area contributed by atoms with Gasteiger partial charge in [-0.2, -0.15) is 4.99 Å². The van der Waals surface area contributed by atoms with Crippen LogP contribution in [-0.4, -0.2) is 37.9 Å². The number of benzene rings is 2. The molecule has 1 aromatic heterocycles. The third kappa shape index (κ3) is 4.59. The summed E-state index contributed by atoms with van der Waals surface area (Å²) in [4.78, 5) is 17.7. The summed E-state index contributed by atoms with van der Waals surface area (Å²) in [6.07, 6.45) is 0. The van der Waals surface area contributed by atoms with Crippen LogP contribution in [0.4, 0.5) is 0 Å². The minimum Gasteiger partial charge on any atom is -0.493 e. The smallest absolute Gasteiger partial charge is 0.279 e. The van der Waals surface area contributed by atoms with Crippen LogP contribution in [0, 0.1) is 0 Å². The summed E-state index contributed by atoms with van der Waals surface area (Å²) in [7, 11) is 3.06. The highest BCUT2D eigenvalue weighted by molar-refractivity contribution is 7.16. The van der Waals surface area contributed by atoms with Crippen molar-refractivity contribution in [2.45, 2.75) is 13.5 Å². The van der Waals surface area contributed by atoms with Crippen LogP contribution in [0.15, 0.2) is 35.3 Å². The molecule has 0 atom stereocenters. The lowest BCUT2D eigenvalue weighted by molar-refractivity contribution is 0.0996. The average molecular weight is 455 g/mol. The molecule has 29 heavy (non-hydrogen) atoms. The lowest BCUT2D eigenvalue weighted by Gasteiger charge is -2.08. The van der Waals surface area contributed by atoms with Gasteiger partial charge in [-0.25, -0.2) is 0 Å². The standard InChI is InChI=1S/C20H20Cl2N2O4S/c1-4-28-10-9-24-18-16(8-6-13(21)17(18)22)29-20(24)23-19(25)12-5-7-14(26-2)15(11-12)27-3/h5-8,11H,4,9-10H2,1-3H3. The Balaban J connectivity index is 2.10. The van der Waals surface area contributed by atoms with E-state index in [1.165, 1.54) is 25.6 Å². The SMILES string of the molecule is CCOCCn1c(=NC(=O)c2ccc(OC)c(OC)c2)sc2ccc(Cl)c(Cl)c21. The van der Waals surface area contributed by atoms with Gasteiger partial charge in [-0.15, -0.1) is 0 Å². The van der Waals surface area contributed by atoms with Crippen molar-refractivity contribution >= 4 is 50.7 Å². The second-order valence-corrected chi connectivity index (χ2v) is 7.72. The molecule has 6 nitrogen and oxygen atoms in total. The number of carbonyl (C=O) groups excluding carboxylic acids is 1. The van der Waals surface area contributed by atoms with Crippen molar-refractivity contribution in [1.82, 2.24) is 4.57 Å². The first-order valence-electron chi connectivity index (χ1n) is 8.86. The number of aromatic nitrogens is 1. The van der Waals surface area contributed by atoms with Gasteiger partial charge < -0.3 is 18.8 Å². The highest BCUT2D eigenvalue weighted by Crippen LogP contribution is 2.32. The number of carbonyl (C=O) groups is 1. The molecular weight excluding hydrogens is 435 g/mol. The zero-order valence-electron chi connectivity index (χ0n) is 16.2. The number of ether oxygens (including phenoxy) is 3. The first-order valence-corrected chi connectivity index (χ1v) is 10.4. The number of methoxy groups -OCH3 is 2. The Morgan fingerprint density at radius 1 is 1.14 bits per heavy atom. The molecule has 0 saturated heterocycles. The van der Waals surface area contributed by atoms with E-state index in [1.54, 1.807) is 24.3 Å². The maximum absolute atomic E-state index is 12.8. The summed E-state index contributed by atoms with van der Waals surface area (Å²) >= 11 is 14.0. The van der Waals surface area contributed by atoms with Crippen molar-refractivity contribution in [3.63, 3.8) is 0 Å². The van der Waals surface area contributed by atoms with Crippen molar-refractivity contribution in [2.75, 3.05) is 27.4 Å². The van der Waals surface area contributed by atoms with Gasteiger partial charge in [0.05, 0.1) is 41.1 Å². The predicted octanol–water partition coefficient (Wildman–Crippen LogP) is 4.80. The zero-order valence-corrected chi connectivity index (χ0v) is 18.5. The van der Waals surface area contributed by atoms with Gasteiger partial charge in [-0.1, -0.05) is 34.5 Å². The number of halogens is 2. The molecule has 0 aliphatic rings. The van der Waals surface area contributed by atoms with Crippen molar-refractivity contribution < 1.29 is 19.0 Å². The Hall–Kier alpha value is -2.06.